The maximum Gasteiger partial charge on any atom is 0.223 e. The van der Waals surface area contributed by atoms with Crippen molar-refractivity contribution in [1.82, 2.24) is 14.3 Å². The fourth-order valence-corrected chi connectivity index (χ4v) is 4.21. The molecule has 0 unspecified atom stereocenters. The van der Waals surface area contributed by atoms with Crippen molar-refractivity contribution < 1.29 is 13.2 Å². The number of sulfone groups is 1. The van der Waals surface area contributed by atoms with Crippen LogP contribution in [0.25, 0.3) is 5.65 Å². The molecule has 6 nitrogen and oxygen atoms in total. The molecule has 2 aromatic heterocycles. The van der Waals surface area contributed by atoms with E-state index in [1.165, 1.54) is 5.41 Å². The maximum absolute atomic E-state index is 12.4. The normalized spacial score (nSPS) is 19.3. The number of aromatic nitrogens is 2. The minimum Gasteiger partial charge on any atom is -0.340 e. The van der Waals surface area contributed by atoms with E-state index in [4.69, 9.17) is 0 Å². The number of hydrogen-bond acceptors (Lipinski definition) is 4. The van der Waals surface area contributed by atoms with E-state index in [0.717, 1.165) is 17.0 Å². The van der Waals surface area contributed by atoms with Gasteiger partial charge in [0.2, 0.25) is 5.91 Å². The third kappa shape index (κ3) is 3.29. The van der Waals surface area contributed by atoms with Crippen LogP contribution in [0.4, 0.5) is 0 Å². The number of fused-ring (bicyclic) bond motifs is 1. The van der Waals surface area contributed by atoms with Crippen molar-refractivity contribution in [1.29, 1.82) is 0 Å². The lowest BCUT2D eigenvalue weighted by molar-refractivity contribution is -0.131. The Morgan fingerprint density at radius 2 is 2.22 bits per heavy atom. The molecule has 0 aliphatic carbocycles. The topological polar surface area (TPSA) is 71.8 Å². The van der Waals surface area contributed by atoms with Crippen molar-refractivity contribution in [2.75, 3.05) is 12.8 Å². The van der Waals surface area contributed by atoms with Gasteiger partial charge in [-0.3, -0.25) is 4.79 Å². The quantitative estimate of drug-likeness (QED) is 0.851. The summed E-state index contributed by atoms with van der Waals surface area (Å²) in [6.07, 6.45) is 3.75. The Hall–Kier alpha value is -2.15. The third-order valence-electron chi connectivity index (χ3n) is 4.08. The highest BCUT2D eigenvalue weighted by Crippen LogP contribution is 2.20. The van der Waals surface area contributed by atoms with Crippen molar-refractivity contribution in [2.45, 2.75) is 19.9 Å². The van der Waals surface area contributed by atoms with Crippen molar-refractivity contribution in [2.24, 2.45) is 5.92 Å². The van der Waals surface area contributed by atoms with E-state index >= 15 is 0 Å². The molecular weight excluding hydrogens is 314 g/mol. The summed E-state index contributed by atoms with van der Waals surface area (Å²) >= 11 is 0. The van der Waals surface area contributed by atoms with Crippen LogP contribution >= 0.6 is 0 Å². The molecule has 1 aliphatic heterocycles. The first kappa shape index (κ1) is 15.7. The van der Waals surface area contributed by atoms with Gasteiger partial charge >= 0.3 is 0 Å². The number of imidazole rings is 1. The van der Waals surface area contributed by atoms with Gasteiger partial charge in [0.1, 0.15) is 5.65 Å². The average Bonchev–Trinajstić information content (AvgIpc) is 2.99. The van der Waals surface area contributed by atoms with Gasteiger partial charge in [-0.1, -0.05) is 12.1 Å². The van der Waals surface area contributed by atoms with Gasteiger partial charge in [-0.05, 0) is 19.1 Å². The lowest BCUT2D eigenvalue weighted by Crippen LogP contribution is -2.29. The van der Waals surface area contributed by atoms with Crippen LogP contribution in [-0.2, 0) is 21.2 Å². The summed E-state index contributed by atoms with van der Waals surface area (Å²) in [5.41, 5.74) is 2.70. The highest BCUT2D eigenvalue weighted by atomic mass is 32.2. The summed E-state index contributed by atoms with van der Waals surface area (Å²) in [7, 11) is -1.38. The Bertz CT molecular complexity index is 883. The number of nitrogens with zero attached hydrogens (tertiary/aromatic N) is 3. The molecular formula is C16H19N3O3S. The van der Waals surface area contributed by atoms with Gasteiger partial charge in [0.25, 0.3) is 0 Å². The first-order chi connectivity index (χ1) is 10.9. The zero-order chi connectivity index (χ0) is 16.6. The molecule has 0 aromatic carbocycles. The number of carbonyl (C=O) groups is 1. The second-order valence-corrected chi connectivity index (χ2v) is 7.88. The van der Waals surface area contributed by atoms with Crippen molar-refractivity contribution in [3.63, 3.8) is 0 Å². The Kier molecular flexibility index (Phi) is 3.97. The Labute approximate surface area is 135 Å². The smallest absolute Gasteiger partial charge is 0.223 e. The summed E-state index contributed by atoms with van der Waals surface area (Å²) < 4.78 is 24.8. The summed E-state index contributed by atoms with van der Waals surface area (Å²) in [6.45, 7) is 2.37. The third-order valence-corrected chi connectivity index (χ3v) is 5.55. The van der Waals surface area contributed by atoms with Crippen molar-refractivity contribution >= 4 is 21.4 Å². The summed E-state index contributed by atoms with van der Waals surface area (Å²) in [5.74, 6) is -0.262. The number of pyridine rings is 1. The van der Waals surface area contributed by atoms with Gasteiger partial charge in [-0.15, -0.1) is 0 Å². The molecule has 23 heavy (non-hydrogen) atoms. The maximum atomic E-state index is 12.4. The fourth-order valence-electron chi connectivity index (χ4n) is 2.81. The molecule has 7 heteroatoms. The number of carbonyl (C=O) groups excluding carboxylic acids is 1. The molecule has 0 saturated carbocycles. The highest BCUT2D eigenvalue weighted by Gasteiger charge is 2.25. The van der Waals surface area contributed by atoms with E-state index in [2.05, 4.69) is 4.98 Å². The molecule has 1 aliphatic rings. The molecule has 1 atom stereocenters. The van der Waals surface area contributed by atoms with E-state index in [9.17, 15) is 13.2 Å². The van der Waals surface area contributed by atoms with Gasteiger partial charge in [0.05, 0.1) is 23.7 Å². The average molecular weight is 333 g/mol. The van der Waals surface area contributed by atoms with Gasteiger partial charge in [0.15, 0.2) is 9.84 Å². The molecule has 0 saturated heterocycles. The highest BCUT2D eigenvalue weighted by molar-refractivity contribution is 7.94. The van der Waals surface area contributed by atoms with Gasteiger partial charge in [-0.2, -0.15) is 0 Å². The van der Waals surface area contributed by atoms with Gasteiger partial charge < -0.3 is 9.30 Å². The zero-order valence-electron chi connectivity index (χ0n) is 13.1. The predicted octanol–water partition coefficient (Wildman–Crippen LogP) is 1.55. The number of amides is 1. The first-order valence-corrected chi connectivity index (χ1v) is 9.15. The van der Waals surface area contributed by atoms with Crippen LogP contribution in [0.1, 0.15) is 17.8 Å². The van der Waals surface area contributed by atoms with E-state index in [0.29, 0.717) is 6.54 Å². The zero-order valence-corrected chi connectivity index (χ0v) is 14.0. The van der Waals surface area contributed by atoms with Crippen LogP contribution in [0.15, 0.2) is 35.9 Å². The lowest BCUT2D eigenvalue weighted by Gasteiger charge is -2.19. The number of allylic oxidation sites excluding steroid dienone is 1. The van der Waals surface area contributed by atoms with Crippen LogP contribution in [0.2, 0.25) is 0 Å². The SMILES string of the molecule is Cc1nc2ccccn2c1CN(C)C(=O)C[C@@H]1C=CS(=O)(=O)C1. The molecule has 0 radical (unpaired) electrons. The minimum atomic E-state index is -3.12. The predicted molar refractivity (Wildman–Crippen MR) is 87.4 cm³/mol. The second kappa shape index (κ2) is 5.81. The number of rotatable bonds is 4. The molecule has 0 bridgehead atoms. The van der Waals surface area contributed by atoms with Crippen molar-refractivity contribution in [3.8, 4) is 0 Å². The number of hydrogen-bond donors (Lipinski definition) is 0. The largest absolute Gasteiger partial charge is 0.340 e. The van der Waals surface area contributed by atoms with E-state index in [1.54, 1.807) is 18.0 Å². The van der Waals surface area contributed by atoms with Crippen LogP contribution in [0.5, 0.6) is 0 Å². The van der Waals surface area contributed by atoms with Crippen molar-refractivity contribution in [3.05, 3.63) is 47.3 Å². The molecule has 3 rings (SSSR count). The lowest BCUT2D eigenvalue weighted by atomic mass is 10.1. The van der Waals surface area contributed by atoms with Crippen LogP contribution < -0.4 is 0 Å². The van der Waals surface area contributed by atoms with Crippen LogP contribution in [0, 0.1) is 12.8 Å². The Morgan fingerprint density at radius 1 is 1.43 bits per heavy atom. The summed E-state index contributed by atoms with van der Waals surface area (Å²) in [5, 5.41) is 1.21. The van der Waals surface area contributed by atoms with E-state index in [-0.39, 0.29) is 24.0 Å². The Morgan fingerprint density at radius 3 is 2.91 bits per heavy atom. The van der Waals surface area contributed by atoms with Crippen LogP contribution in [0.3, 0.4) is 0 Å². The van der Waals surface area contributed by atoms with E-state index < -0.39 is 9.84 Å². The summed E-state index contributed by atoms with van der Waals surface area (Å²) in [6, 6.07) is 5.77. The summed E-state index contributed by atoms with van der Waals surface area (Å²) in [4.78, 5) is 18.5. The molecule has 0 N–H and O–H groups in total. The minimum absolute atomic E-state index is 0.0290. The van der Waals surface area contributed by atoms with Gasteiger partial charge in [0, 0.05) is 31.0 Å². The second-order valence-electron chi connectivity index (χ2n) is 5.94. The molecule has 1 amide bonds. The van der Waals surface area contributed by atoms with Crippen LogP contribution in [-0.4, -0.2) is 41.4 Å². The fraction of sp³-hybridized carbons (Fsp3) is 0.375. The van der Waals surface area contributed by atoms with E-state index in [1.807, 2.05) is 35.7 Å². The molecule has 3 heterocycles. The standard InChI is InChI=1S/C16H19N3O3S/c1-12-14(19-7-4-3-5-15(19)17-12)10-18(2)16(20)9-13-6-8-23(21,22)11-13/h3-8,13H,9-11H2,1-2H3/t13-/m0/s1. The first-order valence-electron chi connectivity index (χ1n) is 7.43. The molecule has 122 valence electrons. The number of aryl methyl sites for hydroxylation is 1. The monoisotopic (exact) mass is 333 g/mol. The van der Waals surface area contributed by atoms with Gasteiger partial charge in [-0.25, -0.2) is 13.4 Å². The molecule has 2 aromatic rings. The molecule has 0 spiro atoms. The Balaban J connectivity index is 1.71. The molecule has 0 fully saturated rings.